The monoisotopic (exact) mass is 418 g/mol. The lowest BCUT2D eigenvalue weighted by atomic mass is 9.80. The number of aryl methyl sites for hydroxylation is 2. The van der Waals surface area contributed by atoms with E-state index in [-0.39, 0.29) is 35.8 Å². The molecule has 0 atom stereocenters. The first-order valence-corrected chi connectivity index (χ1v) is 10.6. The number of hydrogen-bond donors (Lipinski definition) is 4. The summed E-state index contributed by atoms with van der Waals surface area (Å²) >= 11 is 0. The van der Waals surface area contributed by atoms with Gasteiger partial charge in [0.2, 0.25) is 11.8 Å². The van der Waals surface area contributed by atoms with E-state index >= 15 is 0 Å². The summed E-state index contributed by atoms with van der Waals surface area (Å²) in [4.78, 5) is 58.5. The first-order valence-electron chi connectivity index (χ1n) is 10.6. The van der Waals surface area contributed by atoms with E-state index < -0.39 is 16.8 Å². The molecular weight excluding hydrogens is 388 g/mol. The average Bonchev–Trinajstić information content (AvgIpc) is 3.16. The molecule has 2 aromatic rings. The first kappa shape index (κ1) is 21.8. The summed E-state index contributed by atoms with van der Waals surface area (Å²) in [6, 6.07) is 0. The second-order valence-electron chi connectivity index (χ2n) is 8.00. The van der Waals surface area contributed by atoms with Crippen LogP contribution in [-0.4, -0.2) is 43.4 Å². The van der Waals surface area contributed by atoms with Gasteiger partial charge in [-0.15, -0.1) is 0 Å². The fourth-order valence-electron chi connectivity index (χ4n) is 3.94. The van der Waals surface area contributed by atoms with Crippen LogP contribution < -0.4 is 21.9 Å². The lowest BCUT2D eigenvalue weighted by Crippen LogP contribution is -2.59. The minimum absolute atomic E-state index is 0.103. The van der Waals surface area contributed by atoms with Gasteiger partial charge >= 0.3 is 5.69 Å². The van der Waals surface area contributed by atoms with Crippen molar-refractivity contribution in [2.75, 3.05) is 6.54 Å². The Balaban J connectivity index is 1.67. The number of H-pyrrole nitrogens is 2. The molecule has 30 heavy (non-hydrogen) atoms. The van der Waals surface area contributed by atoms with Crippen LogP contribution in [0.15, 0.2) is 9.59 Å². The third kappa shape index (κ3) is 4.63. The third-order valence-corrected chi connectivity index (χ3v) is 5.73. The van der Waals surface area contributed by atoms with Gasteiger partial charge in [-0.25, -0.2) is 9.78 Å². The number of aromatic nitrogens is 4. The molecular formula is C20H30N6O4. The smallest absolute Gasteiger partial charge is 0.329 e. The number of hydrogen-bond acceptors (Lipinski definition) is 5. The molecule has 1 aliphatic rings. The maximum atomic E-state index is 12.8. The van der Waals surface area contributed by atoms with Crippen molar-refractivity contribution in [3.63, 3.8) is 0 Å². The van der Waals surface area contributed by atoms with Gasteiger partial charge in [0.05, 0.1) is 0 Å². The van der Waals surface area contributed by atoms with Crippen LogP contribution in [-0.2, 0) is 23.1 Å². The van der Waals surface area contributed by atoms with Gasteiger partial charge in [0, 0.05) is 26.4 Å². The summed E-state index contributed by atoms with van der Waals surface area (Å²) in [5.41, 5.74) is -1.49. The summed E-state index contributed by atoms with van der Waals surface area (Å²) in [5.74, 6) is 0.108. The minimum Gasteiger partial charge on any atom is -0.354 e. The molecule has 0 radical (unpaired) electrons. The Hall–Kier alpha value is -2.91. The summed E-state index contributed by atoms with van der Waals surface area (Å²) in [7, 11) is 1.52. The highest BCUT2D eigenvalue weighted by molar-refractivity contribution is 5.91. The van der Waals surface area contributed by atoms with E-state index in [2.05, 4.69) is 32.5 Å². The van der Waals surface area contributed by atoms with E-state index in [0.717, 1.165) is 32.1 Å². The number of nitrogens with zero attached hydrogens (tertiary/aromatic N) is 2. The topological polar surface area (TPSA) is 142 Å². The Morgan fingerprint density at radius 1 is 1.17 bits per heavy atom. The zero-order valence-electron chi connectivity index (χ0n) is 17.6. The largest absolute Gasteiger partial charge is 0.354 e. The van der Waals surface area contributed by atoms with E-state index in [4.69, 9.17) is 0 Å². The Kier molecular flexibility index (Phi) is 6.73. The van der Waals surface area contributed by atoms with E-state index in [1.54, 1.807) is 0 Å². The third-order valence-electron chi connectivity index (χ3n) is 5.73. The van der Waals surface area contributed by atoms with Crippen LogP contribution in [0.4, 0.5) is 0 Å². The molecule has 0 spiro atoms. The van der Waals surface area contributed by atoms with Crippen molar-refractivity contribution in [3.05, 3.63) is 26.7 Å². The molecule has 0 aliphatic heterocycles. The van der Waals surface area contributed by atoms with Crippen molar-refractivity contribution in [2.24, 2.45) is 7.05 Å². The van der Waals surface area contributed by atoms with Crippen LogP contribution in [0.5, 0.6) is 0 Å². The van der Waals surface area contributed by atoms with Crippen molar-refractivity contribution >= 4 is 23.0 Å². The van der Waals surface area contributed by atoms with Gasteiger partial charge in [0.1, 0.15) is 16.9 Å². The first-order chi connectivity index (χ1) is 14.4. The van der Waals surface area contributed by atoms with Crippen molar-refractivity contribution in [1.82, 2.24) is 30.2 Å². The Bertz CT molecular complexity index is 1030. The van der Waals surface area contributed by atoms with Gasteiger partial charge in [0.15, 0.2) is 5.65 Å². The molecule has 1 saturated carbocycles. The molecule has 10 heteroatoms. The zero-order chi connectivity index (χ0) is 21.7. The Labute approximate surface area is 173 Å². The van der Waals surface area contributed by atoms with Crippen LogP contribution >= 0.6 is 0 Å². The van der Waals surface area contributed by atoms with Gasteiger partial charge in [-0.1, -0.05) is 32.6 Å². The second-order valence-corrected chi connectivity index (χ2v) is 8.00. The zero-order valence-corrected chi connectivity index (χ0v) is 17.6. The maximum absolute atomic E-state index is 12.8. The molecule has 1 aliphatic carbocycles. The summed E-state index contributed by atoms with van der Waals surface area (Å²) in [6.07, 6.45) is 6.43. The molecule has 0 bridgehead atoms. The summed E-state index contributed by atoms with van der Waals surface area (Å²) < 4.78 is 1.24. The number of rotatable bonds is 8. The van der Waals surface area contributed by atoms with Crippen molar-refractivity contribution in [3.8, 4) is 0 Å². The van der Waals surface area contributed by atoms with Crippen LogP contribution in [0.25, 0.3) is 11.2 Å². The molecule has 2 amide bonds. The van der Waals surface area contributed by atoms with Crippen LogP contribution in [0.1, 0.15) is 64.1 Å². The van der Waals surface area contributed by atoms with E-state index in [9.17, 15) is 19.2 Å². The predicted octanol–water partition coefficient (Wildman–Crippen LogP) is 0.618. The molecule has 164 valence electrons. The molecule has 2 heterocycles. The number of nitrogens with one attached hydrogen (secondary N) is 4. The number of aromatic amines is 2. The number of amides is 2. The van der Waals surface area contributed by atoms with E-state index in [1.165, 1.54) is 11.6 Å². The minimum atomic E-state index is -0.849. The van der Waals surface area contributed by atoms with Gasteiger partial charge in [-0.3, -0.25) is 23.9 Å². The van der Waals surface area contributed by atoms with E-state index in [0.29, 0.717) is 25.2 Å². The van der Waals surface area contributed by atoms with Crippen molar-refractivity contribution in [1.29, 1.82) is 0 Å². The highest BCUT2D eigenvalue weighted by Crippen LogP contribution is 2.28. The van der Waals surface area contributed by atoms with Crippen molar-refractivity contribution < 1.29 is 9.59 Å². The molecule has 4 N–H and O–H groups in total. The number of unbranched alkanes of at least 4 members (excludes halogenated alkanes) is 1. The lowest BCUT2D eigenvalue weighted by molar-refractivity contribution is -0.135. The predicted molar refractivity (Wildman–Crippen MR) is 112 cm³/mol. The van der Waals surface area contributed by atoms with Crippen LogP contribution in [0.2, 0.25) is 0 Å². The fraction of sp³-hybridized carbons (Fsp3) is 0.650. The van der Waals surface area contributed by atoms with E-state index in [1.807, 2.05) is 0 Å². The number of fused-ring (bicyclic) bond motifs is 1. The maximum Gasteiger partial charge on any atom is 0.329 e. The number of carbonyl (C=O) groups is 2. The van der Waals surface area contributed by atoms with Gasteiger partial charge in [-0.2, -0.15) is 0 Å². The molecule has 1 fully saturated rings. The Morgan fingerprint density at radius 3 is 2.60 bits per heavy atom. The van der Waals surface area contributed by atoms with Gasteiger partial charge < -0.3 is 15.6 Å². The normalized spacial score (nSPS) is 15.8. The van der Waals surface area contributed by atoms with Crippen LogP contribution in [0.3, 0.4) is 0 Å². The molecule has 10 nitrogen and oxygen atoms in total. The molecule has 0 aromatic carbocycles. The molecule has 2 aromatic heterocycles. The fourth-order valence-corrected chi connectivity index (χ4v) is 3.94. The lowest BCUT2D eigenvalue weighted by Gasteiger charge is -2.36. The number of carbonyl (C=O) groups excluding carboxylic acids is 2. The molecule has 0 saturated heterocycles. The van der Waals surface area contributed by atoms with Gasteiger partial charge in [0.25, 0.3) is 5.56 Å². The summed E-state index contributed by atoms with van der Waals surface area (Å²) in [5, 5.41) is 5.95. The highest BCUT2D eigenvalue weighted by Gasteiger charge is 2.40. The second kappa shape index (κ2) is 9.27. The molecule has 3 rings (SSSR count). The average molecular weight is 418 g/mol. The Morgan fingerprint density at radius 2 is 1.90 bits per heavy atom. The van der Waals surface area contributed by atoms with Crippen molar-refractivity contribution in [2.45, 2.75) is 70.3 Å². The number of imidazole rings is 1. The molecule has 0 unspecified atom stereocenters. The SMILES string of the molecule is CCCCNC(=O)C1(NC(=O)CCc2nc3c([nH]2)c(=O)[nH]c(=O)n3C)CCCCC1. The van der Waals surface area contributed by atoms with Crippen LogP contribution in [0, 0.1) is 0 Å². The highest BCUT2D eigenvalue weighted by atomic mass is 16.2. The quantitative estimate of drug-likeness (QED) is 0.465. The standard InChI is InChI=1S/C20H30N6O4/c1-3-4-12-21-18(29)20(10-6-5-7-11-20)25-14(27)9-8-13-22-15-16(23-13)26(2)19(30)24-17(15)28/h3-12H2,1-2H3,(H,21,29)(H,22,23)(H,25,27)(H,24,28,30). The van der Waals surface area contributed by atoms with Gasteiger partial charge in [-0.05, 0) is 19.3 Å². The summed E-state index contributed by atoms with van der Waals surface area (Å²) in [6.45, 7) is 2.67.